The number of nitrogens with zero attached hydrogens (tertiary/aromatic N) is 1. The molecule has 0 atom stereocenters. The lowest BCUT2D eigenvalue weighted by molar-refractivity contribution is 0.0998. The van der Waals surface area contributed by atoms with E-state index < -0.39 is 5.24 Å². The fourth-order valence-corrected chi connectivity index (χ4v) is 2.47. The van der Waals surface area contributed by atoms with Crippen LogP contribution in [-0.4, -0.2) is 29.2 Å². The Morgan fingerprint density at radius 2 is 1.78 bits per heavy atom. The van der Waals surface area contributed by atoms with Gasteiger partial charge < -0.3 is 10.0 Å². The van der Waals surface area contributed by atoms with Crippen molar-refractivity contribution in [3.63, 3.8) is 0 Å². The third-order valence-corrected chi connectivity index (χ3v) is 3.86. The predicted molar refractivity (Wildman–Crippen MR) is 91.7 cm³/mol. The van der Waals surface area contributed by atoms with Gasteiger partial charge >= 0.3 is 0 Å². The summed E-state index contributed by atoms with van der Waals surface area (Å²) in [4.78, 5) is 25.4. The SMILES string of the molecule is CCN(CC(=O)c1ccc(C)cc1)c1cccc(C(=O)Cl)c1O. The van der Waals surface area contributed by atoms with E-state index in [1.54, 1.807) is 29.2 Å². The van der Waals surface area contributed by atoms with Crippen LogP contribution < -0.4 is 4.90 Å². The molecule has 2 aromatic carbocycles. The third kappa shape index (κ3) is 3.90. The molecule has 5 heteroatoms. The third-order valence-electron chi connectivity index (χ3n) is 3.66. The molecule has 0 radical (unpaired) electrons. The van der Waals surface area contributed by atoms with E-state index >= 15 is 0 Å². The molecule has 0 unspecified atom stereocenters. The van der Waals surface area contributed by atoms with E-state index in [-0.39, 0.29) is 23.6 Å². The topological polar surface area (TPSA) is 57.6 Å². The minimum atomic E-state index is -0.731. The summed E-state index contributed by atoms with van der Waals surface area (Å²) in [5, 5.41) is 9.49. The molecule has 1 N–H and O–H groups in total. The zero-order chi connectivity index (χ0) is 17.0. The van der Waals surface area contributed by atoms with Crippen molar-refractivity contribution in [1.82, 2.24) is 0 Å². The van der Waals surface area contributed by atoms with Gasteiger partial charge in [0.2, 0.25) is 0 Å². The molecule has 120 valence electrons. The van der Waals surface area contributed by atoms with Crippen molar-refractivity contribution in [1.29, 1.82) is 0 Å². The normalized spacial score (nSPS) is 10.4. The fraction of sp³-hybridized carbons (Fsp3) is 0.222. The Morgan fingerprint density at radius 3 is 2.35 bits per heavy atom. The number of anilines is 1. The standard InChI is InChI=1S/C18H18ClNO3/c1-3-20(11-16(21)13-9-7-12(2)8-10-13)15-6-4-5-14(17(15)22)18(19)23/h4-10,22H,3,11H2,1-2H3. The van der Waals surface area contributed by atoms with Crippen molar-refractivity contribution < 1.29 is 14.7 Å². The van der Waals surface area contributed by atoms with E-state index in [0.29, 0.717) is 17.8 Å². The number of halogens is 1. The van der Waals surface area contributed by atoms with E-state index in [2.05, 4.69) is 0 Å². The van der Waals surface area contributed by atoms with Gasteiger partial charge in [-0.2, -0.15) is 0 Å². The highest BCUT2D eigenvalue weighted by molar-refractivity contribution is 6.68. The van der Waals surface area contributed by atoms with Gasteiger partial charge in [-0.1, -0.05) is 35.9 Å². The molecule has 0 bridgehead atoms. The Hall–Kier alpha value is -2.33. The summed E-state index contributed by atoms with van der Waals surface area (Å²) in [5.74, 6) is -0.264. The van der Waals surface area contributed by atoms with E-state index in [9.17, 15) is 14.7 Å². The molecule has 2 aromatic rings. The molecule has 0 saturated carbocycles. The minimum absolute atomic E-state index is 0.0328. The van der Waals surface area contributed by atoms with Gasteiger partial charge in [0, 0.05) is 12.1 Å². The van der Waals surface area contributed by atoms with Crippen LogP contribution in [0.5, 0.6) is 5.75 Å². The van der Waals surface area contributed by atoms with Crippen LogP contribution in [0, 0.1) is 6.92 Å². The highest BCUT2D eigenvalue weighted by atomic mass is 35.5. The highest BCUT2D eigenvalue weighted by Gasteiger charge is 2.18. The Labute approximate surface area is 140 Å². The number of carbonyl (C=O) groups is 2. The lowest BCUT2D eigenvalue weighted by atomic mass is 10.1. The number of para-hydroxylation sites is 1. The molecule has 0 aliphatic rings. The first-order valence-electron chi connectivity index (χ1n) is 7.30. The highest BCUT2D eigenvalue weighted by Crippen LogP contribution is 2.31. The molecule has 0 heterocycles. The van der Waals surface area contributed by atoms with Crippen LogP contribution >= 0.6 is 11.6 Å². The van der Waals surface area contributed by atoms with Crippen LogP contribution in [0.1, 0.15) is 33.2 Å². The van der Waals surface area contributed by atoms with Crippen LogP contribution in [0.4, 0.5) is 5.69 Å². The molecule has 2 rings (SSSR count). The zero-order valence-corrected chi connectivity index (χ0v) is 13.8. The number of aryl methyl sites for hydroxylation is 1. The maximum Gasteiger partial charge on any atom is 0.256 e. The summed E-state index contributed by atoms with van der Waals surface area (Å²) in [5.41, 5.74) is 2.14. The van der Waals surface area contributed by atoms with Gasteiger partial charge in [-0.05, 0) is 37.6 Å². The number of benzene rings is 2. The molecule has 0 aliphatic carbocycles. The smallest absolute Gasteiger partial charge is 0.256 e. The summed E-state index contributed by atoms with van der Waals surface area (Å²) in [7, 11) is 0. The minimum Gasteiger partial charge on any atom is -0.505 e. The molecular weight excluding hydrogens is 314 g/mol. The fourth-order valence-electron chi connectivity index (χ4n) is 2.32. The summed E-state index contributed by atoms with van der Waals surface area (Å²) in [6.07, 6.45) is 0. The first kappa shape index (κ1) is 17.0. The molecule has 0 spiro atoms. The monoisotopic (exact) mass is 331 g/mol. The maximum absolute atomic E-state index is 12.4. The van der Waals surface area contributed by atoms with Gasteiger partial charge in [-0.3, -0.25) is 9.59 Å². The molecule has 0 fully saturated rings. The number of carbonyl (C=O) groups excluding carboxylic acids is 2. The average Bonchev–Trinajstić information content (AvgIpc) is 2.53. The zero-order valence-electron chi connectivity index (χ0n) is 13.0. The van der Waals surface area contributed by atoms with Gasteiger partial charge in [0.15, 0.2) is 11.5 Å². The molecule has 0 aromatic heterocycles. The molecule has 23 heavy (non-hydrogen) atoms. The second-order valence-electron chi connectivity index (χ2n) is 5.25. The number of likely N-dealkylation sites (N-methyl/N-ethyl adjacent to an activating group) is 1. The number of phenols is 1. The summed E-state index contributed by atoms with van der Waals surface area (Å²) < 4.78 is 0. The molecule has 4 nitrogen and oxygen atoms in total. The van der Waals surface area contributed by atoms with Crippen LogP contribution in [-0.2, 0) is 0 Å². The van der Waals surface area contributed by atoms with Gasteiger partial charge in [-0.25, -0.2) is 0 Å². The summed E-state index contributed by atoms with van der Waals surface area (Å²) in [6, 6.07) is 12.1. The summed E-state index contributed by atoms with van der Waals surface area (Å²) in [6.45, 7) is 4.44. The van der Waals surface area contributed by atoms with Crippen molar-refractivity contribution in [2.24, 2.45) is 0 Å². The van der Waals surface area contributed by atoms with Crippen LogP contribution in [0.2, 0.25) is 0 Å². The number of Topliss-reactive ketones (excluding diaryl/α,β-unsaturated/α-hetero) is 1. The van der Waals surface area contributed by atoms with Crippen LogP contribution in [0.15, 0.2) is 42.5 Å². The molecule has 0 aliphatic heterocycles. The lowest BCUT2D eigenvalue weighted by Crippen LogP contribution is -2.29. The lowest BCUT2D eigenvalue weighted by Gasteiger charge is -2.24. The van der Waals surface area contributed by atoms with Crippen molar-refractivity contribution in [2.75, 3.05) is 18.0 Å². The number of rotatable bonds is 6. The maximum atomic E-state index is 12.4. The number of hydrogen-bond acceptors (Lipinski definition) is 4. The quantitative estimate of drug-likeness (QED) is 0.646. The Morgan fingerprint density at radius 1 is 1.13 bits per heavy atom. The number of ketones is 1. The van der Waals surface area contributed by atoms with Gasteiger partial charge in [-0.15, -0.1) is 0 Å². The largest absolute Gasteiger partial charge is 0.505 e. The Bertz CT molecular complexity index is 726. The van der Waals surface area contributed by atoms with Crippen molar-refractivity contribution in [2.45, 2.75) is 13.8 Å². The van der Waals surface area contributed by atoms with E-state index in [4.69, 9.17) is 11.6 Å². The van der Waals surface area contributed by atoms with Crippen molar-refractivity contribution in [3.05, 3.63) is 59.2 Å². The van der Waals surface area contributed by atoms with Crippen LogP contribution in [0.3, 0.4) is 0 Å². The van der Waals surface area contributed by atoms with E-state index in [0.717, 1.165) is 5.56 Å². The molecular formula is C18H18ClNO3. The van der Waals surface area contributed by atoms with Gasteiger partial charge in [0.1, 0.15) is 0 Å². The van der Waals surface area contributed by atoms with Crippen molar-refractivity contribution >= 4 is 28.3 Å². The first-order valence-corrected chi connectivity index (χ1v) is 7.68. The van der Waals surface area contributed by atoms with Crippen LogP contribution in [0.25, 0.3) is 0 Å². The predicted octanol–water partition coefficient (Wildman–Crippen LogP) is 3.79. The molecule has 0 amide bonds. The molecule has 0 saturated heterocycles. The van der Waals surface area contributed by atoms with Gasteiger partial charge in [0.25, 0.3) is 5.24 Å². The number of phenolic OH excluding ortho intramolecular Hbond substituents is 1. The Kier molecular flexibility index (Phi) is 5.40. The second-order valence-corrected chi connectivity index (χ2v) is 5.59. The van der Waals surface area contributed by atoms with E-state index in [1.165, 1.54) is 6.07 Å². The van der Waals surface area contributed by atoms with Gasteiger partial charge in [0.05, 0.1) is 17.8 Å². The number of aromatic hydroxyl groups is 1. The first-order chi connectivity index (χ1) is 10.9. The number of hydrogen-bond donors (Lipinski definition) is 1. The van der Waals surface area contributed by atoms with Crippen molar-refractivity contribution in [3.8, 4) is 5.75 Å². The second kappa shape index (κ2) is 7.29. The Balaban J connectivity index is 2.27. The van der Waals surface area contributed by atoms with E-state index in [1.807, 2.05) is 26.0 Å². The summed E-state index contributed by atoms with van der Waals surface area (Å²) >= 11 is 5.46. The average molecular weight is 332 g/mol.